The molecule has 1 aliphatic heterocycles. The Morgan fingerprint density at radius 3 is 2.32 bits per heavy atom. The minimum Gasteiger partial charge on any atom is -0.496 e. The Kier molecular flexibility index (Phi) is 6.53. The minimum absolute atomic E-state index is 0.0465. The van der Waals surface area contributed by atoms with Crippen molar-refractivity contribution in [3.63, 3.8) is 0 Å². The van der Waals surface area contributed by atoms with Crippen LogP contribution in [0, 0.1) is 17.5 Å². The Morgan fingerprint density at radius 1 is 1.04 bits per heavy atom. The molecular formula is C20H22F3N3O2. The molecule has 1 amide bonds. The van der Waals surface area contributed by atoms with Crippen LogP contribution >= 0.6 is 0 Å². The third kappa shape index (κ3) is 5.02. The minimum atomic E-state index is -0.804. The first-order valence-electron chi connectivity index (χ1n) is 8.97. The van der Waals surface area contributed by atoms with Crippen molar-refractivity contribution in [2.24, 2.45) is 0 Å². The van der Waals surface area contributed by atoms with Gasteiger partial charge in [0.1, 0.15) is 28.9 Å². The molecule has 1 aliphatic rings. The standard InChI is InChI=1S/C20H22F3N3O2/c1-28-18-6-5-15(21)11-14(18)12-25-7-9-26(10-8-25)13-19(27)24-20-16(22)3-2-4-17(20)23/h2-6,11H,7-10,12-13H2,1H3,(H,24,27). The number of methoxy groups -OCH3 is 1. The number of para-hydroxylation sites is 1. The molecule has 2 aromatic rings. The maximum absolute atomic E-state index is 13.6. The number of carbonyl (C=O) groups is 1. The lowest BCUT2D eigenvalue weighted by atomic mass is 10.1. The van der Waals surface area contributed by atoms with Gasteiger partial charge in [-0.1, -0.05) is 6.07 Å². The number of nitrogens with one attached hydrogen (secondary N) is 1. The molecular weight excluding hydrogens is 371 g/mol. The third-order valence-electron chi connectivity index (χ3n) is 4.70. The first kappa shape index (κ1) is 20.2. The molecule has 0 bridgehead atoms. The third-order valence-corrected chi connectivity index (χ3v) is 4.70. The number of piperazine rings is 1. The summed E-state index contributed by atoms with van der Waals surface area (Å²) in [6.45, 7) is 3.18. The zero-order chi connectivity index (χ0) is 20.1. The van der Waals surface area contributed by atoms with E-state index in [1.54, 1.807) is 13.2 Å². The molecule has 28 heavy (non-hydrogen) atoms. The monoisotopic (exact) mass is 393 g/mol. The predicted octanol–water partition coefficient (Wildman–Crippen LogP) is 2.87. The summed E-state index contributed by atoms with van der Waals surface area (Å²) in [5, 5.41) is 2.30. The lowest BCUT2D eigenvalue weighted by molar-refractivity contribution is -0.117. The number of benzene rings is 2. The lowest BCUT2D eigenvalue weighted by Gasteiger charge is -2.34. The average molecular weight is 393 g/mol. The number of halogens is 3. The molecule has 1 N–H and O–H groups in total. The van der Waals surface area contributed by atoms with E-state index in [1.807, 2.05) is 4.90 Å². The van der Waals surface area contributed by atoms with E-state index in [-0.39, 0.29) is 12.4 Å². The van der Waals surface area contributed by atoms with Gasteiger partial charge in [0.05, 0.1) is 13.7 Å². The molecule has 150 valence electrons. The van der Waals surface area contributed by atoms with Gasteiger partial charge < -0.3 is 10.1 Å². The van der Waals surface area contributed by atoms with Crippen LogP contribution in [0.4, 0.5) is 18.9 Å². The SMILES string of the molecule is COc1ccc(F)cc1CN1CCN(CC(=O)Nc2c(F)cccc2F)CC1. The molecule has 1 saturated heterocycles. The van der Waals surface area contributed by atoms with Crippen molar-refractivity contribution >= 4 is 11.6 Å². The van der Waals surface area contributed by atoms with Crippen molar-refractivity contribution in [3.8, 4) is 5.75 Å². The van der Waals surface area contributed by atoms with Crippen LogP contribution in [0.1, 0.15) is 5.56 Å². The van der Waals surface area contributed by atoms with Crippen LogP contribution in [-0.2, 0) is 11.3 Å². The second kappa shape index (κ2) is 9.07. The van der Waals surface area contributed by atoms with E-state index in [9.17, 15) is 18.0 Å². The maximum Gasteiger partial charge on any atom is 0.238 e. The number of anilines is 1. The Hall–Kier alpha value is -2.58. The quantitative estimate of drug-likeness (QED) is 0.820. The Balaban J connectivity index is 1.50. The molecule has 0 aliphatic carbocycles. The molecule has 0 spiro atoms. The van der Waals surface area contributed by atoms with Crippen LogP contribution in [0.15, 0.2) is 36.4 Å². The predicted molar refractivity (Wildman–Crippen MR) is 99.7 cm³/mol. The molecule has 8 heteroatoms. The van der Waals surface area contributed by atoms with Crippen LogP contribution in [0.2, 0.25) is 0 Å². The zero-order valence-corrected chi connectivity index (χ0v) is 15.6. The van der Waals surface area contributed by atoms with Crippen molar-refractivity contribution in [3.05, 3.63) is 59.4 Å². The molecule has 0 atom stereocenters. The fourth-order valence-electron chi connectivity index (χ4n) is 3.22. The number of amides is 1. The van der Waals surface area contributed by atoms with Gasteiger partial charge in [0.15, 0.2) is 0 Å². The molecule has 0 unspecified atom stereocenters. The molecule has 2 aromatic carbocycles. The van der Waals surface area contributed by atoms with E-state index in [4.69, 9.17) is 4.74 Å². The summed E-state index contributed by atoms with van der Waals surface area (Å²) in [5.74, 6) is -1.75. The number of hydrogen-bond donors (Lipinski definition) is 1. The van der Waals surface area contributed by atoms with Gasteiger partial charge in [0.25, 0.3) is 0 Å². The van der Waals surface area contributed by atoms with E-state index in [0.717, 1.165) is 17.7 Å². The lowest BCUT2D eigenvalue weighted by Crippen LogP contribution is -2.48. The molecule has 5 nitrogen and oxygen atoms in total. The molecule has 0 radical (unpaired) electrons. The fourth-order valence-corrected chi connectivity index (χ4v) is 3.22. The van der Waals surface area contributed by atoms with Crippen LogP contribution < -0.4 is 10.1 Å². The van der Waals surface area contributed by atoms with Gasteiger partial charge >= 0.3 is 0 Å². The number of ether oxygens (including phenoxy) is 1. The highest BCUT2D eigenvalue weighted by Gasteiger charge is 2.21. The van der Waals surface area contributed by atoms with E-state index in [0.29, 0.717) is 38.5 Å². The first-order valence-corrected chi connectivity index (χ1v) is 8.97. The van der Waals surface area contributed by atoms with Gasteiger partial charge in [0, 0.05) is 38.3 Å². The van der Waals surface area contributed by atoms with Gasteiger partial charge in [-0.05, 0) is 30.3 Å². The van der Waals surface area contributed by atoms with E-state index in [2.05, 4.69) is 10.2 Å². The molecule has 0 saturated carbocycles. The van der Waals surface area contributed by atoms with Crippen molar-refractivity contribution in [2.75, 3.05) is 45.2 Å². The molecule has 1 fully saturated rings. The van der Waals surface area contributed by atoms with Gasteiger partial charge in [0.2, 0.25) is 5.91 Å². The number of nitrogens with zero attached hydrogens (tertiary/aromatic N) is 2. The molecule has 3 rings (SSSR count). The van der Waals surface area contributed by atoms with Gasteiger partial charge in [-0.15, -0.1) is 0 Å². The topological polar surface area (TPSA) is 44.8 Å². The molecule has 1 heterocycles. The number of rotatable bonds is 6. The molecule has 0 aromatic heterocycles. The summed E-state index contributed by atoms with van der Waals surface area (Å²) in [7, 11) is 1.55. The van der Waals surface area contributed by atoms with Crippen LogP contribution in [0.3, 0.4) is 0 Å². The summed E-state index contributed by atoms with van der Waals surface area (Å²) >= 11 is 0. The maximum atomic E-state index is 13.6. The van der Waals surface area contributed by atoms with Crippen LogP contribution in [0.25, 0.3) is 0 Å². The average Bonchev–Trinajstić information content (AvgIpc) is 2.67. The number of hydrogen-bond acceptors (Lipinski definition) is 4. The first-order chi connectivity index (χ1) is 13.5. The van der Waals surface area contributed by atoms with Crippen molar-refractivity contribution in [2.45, 2.75) is 6.54 Å². The van der Waals surface area contributed by atoms with Crippen molar-refractivity contribution in [1.82, 2.24) is 9.80 Å². The van der Waals surface area contributed by atoms with Crippen molar-refractivity contribution in [1.29, 1.82) is 0 Å². The zero-order valence-electron chi connectivity index (χ0n) is 15.6. The summed E-state index contributed by atoms with van der Waals surface area (Å²) in [5.41, 5.74) is 0.341. The van der Waals surface area contributed by atoms with Crippen LogP contribution in [0.5, 0.6) is 5.75 Å². The second-order valence-electron chi connectivity index (χ2n) is 6.65. The van der Waals surface area contributed by atoms with E-state index < -0.39 is 23.2 Å². The largest absolute Gasteiger partial charge is 0.496 e. The summed E-state index contributed by atoms with van der Waals surface area (Å²) in [4.78, 5) is 16.2. The second-order valence-corrected chi connectivity index (χ2v) is 6.65. The highest BCUT2D eigenvalue weighted by atomic mass is 19.1. The Bertz CT molecular complexity index is 819. The smallest absolute Gasteiger partial charge is 0.238 e. The fraction of sp³-hybridized carbons (Fsp3) is 0.350. The summed E-state index contributed by atoms with van der Waals surface area (Å²) in [6.07, 6.45) is 0. The Labute approximate surface area is 161 Å². The van der Waals surface area contributed by atoms with Gasteiger partial charge in [-0.25, -0.2) is 13.2 Å². The van der Waals surface area contributed by atoms with Gasteiger partial charge in [-0.2, -0.15) is 0 Å². The highest BCUT2D eigenvalue weighted by Crippen LogP contribution is 2.22. The van der Waals surface area contributed by atoms with E-state index >= 15 is 0 Å². The highest BCUT2D eigenvalue weighted by molar-refractivity contribution is 5.92. The van der Waals surface area contributed by atoms with Crippen LogP contribution in [-0.4, -0.2) is 55.5 Å². The summed E-state index contributed by atoms with van der Waals surface area (Å²) in [6, 6.07) is 7.86. The number of carbonyl (C=O) groups excluding carboxylic acids is 1. The van der Waals surface area contributed by atoms with Gasteiger partial charge in [-0.3, -0.25) is 14.6 Å². The Morgan fingerprint density at radius 2 is 1.68 bits per heavy atom. The normalized spacial score (nSPS) is 15.4. The summed E-state index contributed by atoms with van der Waals surface area (Å²) < 4.78 is 46.0. The van der Waals surface area contributed by atoms with E-state index in [1.165, 1.54) is 18.2 Å². The van der Waals surface area contributed by atoms with Crippen molar-refractivity contribution < 1.29 is 22.7 Å².